The molecule has 0 aliphatic carbocycles. The Hall–Kier alpha value is -4.86. The van der Waals surface area contributed by atoms with Crippen molar-refractivity contribution in [2.24, 2.45) is 5.10 Å². The molecule has 3 aromatic rings. The van der Waals surface area contributed by atoms with E-state index < -0.39 is 29.2 Å². The van der Waals surface area contributed by atoms with Crippen LogP contribution < -0.4 is 30.3 Å². The van der Waals surface area contributed by atoms with E-state index in [0.717, 1.165) is 5.56 Å². The van der Waals surface area contributed by atoms with Gasteiger partial charge in [-0.25, -0.2) is 9.59 Å². The number of hydrogen-bond acceptors (Lipinski definition) is 11. The molecule has 2 atom stereocenters. The maximum atomic E-state index is 12.4. The molecule has 1 aliphatic heterocycles. The molecule has 0 aromatic heterocycles. The van der Waals surface area contributed by atoms with E-state index in [0.29, 0.717) is 50.2 Å². The Labute approximate surface area is 283 Å². The van der Waals surface area contributed by atoms with Gasteiger partial charge in [0.1, 0.15) is 13.2 Å². The third-order valence-corrected chi connectivity index (χ3v) is 7.53. The first kappa shape index (κ1) is 35.0. The molecule has 0 unspecified atom stereocenters. The molecule has 0 radical (unpaired) electrons. The number of benzene rings is 3. The van der Waals surface area contributed by atoms with Gasteiger partial charge in [0.05, 0.1) is 46.0 Å². The van der Waals surface area contributed by atoms with Gasteiger partial charge in [0.15, 0.2) is 23.5 Å². The second-order valence-electron chi connectivity index (χ2n) is 9.94. The summed E-state index contributed by atoms with van der Waals surface area (Å²) in [7, 11) is 1.26. The van der Waals surface area contributed by atoms with E-state index >= 15 is 0 Å². The highest BCUT2D eigenvalue weighted by atomic mass is 79.9. The zero-order valence-electron chi connectivity index (χ0n) is 25.4. The number of halogens is 2. The van der Waals surface area contributed by atoms with Gasteiger partial charge >= 0.3 is 12.0 Å². The lowest BCUT2D eigenvalue weighted by Gasteiger charge is -2.28. The third kappa shape index (κ3) is 9.12. The molecule has 1 heterocycles. The maximum Gasteiger partial charge on any atom is 0.337 e. The minimum absolute atomic E-state index is 0.0131. The van der Waals surface area contributed by atoms with Crippen molar-refractivity contribution in [2.75, 3.05) is 20.3 Å². The van der Waals surface area contributed by atoms with Gasteiger partial charge in [0, 0.05) is 17.8 Å². The number of urea groups is 1. The predicted octanol–water partition coefficient (Wildman–Crippen LogP) is 5.11. The first-order chi connectivity index (χ1) is 22.5. The fraction of sp³-hybridized carbons (Fsp3) is 0.258. The number of methoxy groups -OCH3 is 1. The van der Waals surface area contributed by atoms with Crippen molar-refractivity contribution in [1.82, 2.24) is 16.1 Å². The van der Waals surface area contributed by atoms with Crippen LogP contribution in [0.25, 0.3) is 0 Å². The highest BCUT2D eigenvalue weighted by molar-refractivity contribution is 9.10. The molecule has 0 spiro atoms. The van der Waals surface area contributed by atoms with Crippen LogP contribution in [0, 0.1) is 10.1 Å². The number of aliphatic hydroxyl groups excluding tert-OH is 1. The number of nitrogens with zero attached hydrogens (tertiary/aromatic N) is 2. The van der Waals surface area contributed by atoms with Crippen LogP contribution in [0.1, 0.15) is 36.6 Å². The van der Waals surface area contributed by atoms with Crippen molar-refractivity contribution in [2.45, 2.75) is 32.7 Å². The van der Waals surface area contributed by atoms with E-state index in [-0.39, 0.29) is 24.5 Å². The van der Waals surface area contributed by atoms with Gasteiger partial charge in [-0.05, 0) is 82.9 Å². The summed E-state index contributed by atoms with van der Waals surface area (Å²) in [5.74, 6) is 0.452. The standard InChI is InChI=1S/C31H31BrClN5O9/c1-4-45-25-13-20(28-27(30(40)44-3)17(2)35-31(41)36-28)7-10-24(25)46-16-26(39)37-34-14-19-11-22(32)29(23(33)12-19)47-15-18-5-8-21(9-6-18)38(42)43/h5-14,26,28,37,39H,4,15-16H2,1-3H3,(H2,35,36,41)/b34-14-/t26-,28-/m1/s1. The summed E-state index contributed by atoms with van der Waals surface area (Å²) in [6.07, 6.45) is 0.242. The number of ether oxygens (including phenoxy) is 4. The van der Waals surface area contributed by atoms with Gasteiger partial charge in [0.2, 0.25) is 0 Å². The van der Waals surface area contributed by atoms with Gasteiger partial charge in [-0.1, -0.05) is 17.7 Å². The Morgan fingerprint density at radius 1 is 1.17 bits per heavy atom. The summed E-state index contributed by atoms with van der Waals surface area (Å²) < 4.78 is 22.8. The monoisotopic (exact) mass is 731 g/mol. The number of nitrogens with one attached hydrogen (secondary N) is 3. The van der Waals surface area contributed by atoms with E-state index in [1.54, 1.807) is 56.3 Å². The first-order valence-electron chi connectivity index (χ1n) is 14.1. The quantitative estimate of drug-likeness (QED) is 0.0572. The van der Waals surface area contributed by atoms with Crippen molar-refractivity contribution in [1.29, 1.82) is 0 Å². The fourth-order valence-corrected chi connectivity index (χ4v) is 5.47. The minimum atomic E-state index is -1.20. The van der Waals surface area contributed by atoms with Crippen molar-refractivity contribution in [3.8, 4) is 17.2 Å². The number of carbonyl (C=O) groups is 2. The first-order valence-corrected chi connectivity index (χ1v) is 15.3. The SMILES string of the molecule is CCOc1cc([C@H]2NC(=O)NC(C)=C2C(=O)OC)ccc1OC[C@@H](O)N/N=C\c1cc(Cl)c(OCc2ccc([N+](=O)[O-])cc2)c(Br)c1. The molecular weight excluding hydrogens is 702 g/mol. The lowest BCUT2D eigenvalue weighted by Crippen LogP contribution is -2.45. The summed E-state index contributed by atoms with van der Waals surface area (Å²) in [5.41, 5.74) is 5.07. The second-order valence-corrected chi connectivity index (χ2v) is 11.2. The lowest BCUT2D eigenvalue weighted by molar-refractivity contribution is -0.384. The zero-order chi connectivity index (χ0) is 34.1. The Bertz CT molecular complexity index is 1680. The molecule has 248 valence electrons. The summed E-state index contributed by atoms with van der Waals surface area (Å²) >= 11 is 9.85. The highest BCUT2D eigenvalue weighted by Gasteiger charge is 2.32. The van der Waals surface area contributed by atoms with Crippen molar-refractivity contribution < 1.29 is 38.6 Å². The van der Waals surface area contributed by atoms with Gasteiger partial charge in [0.25, 0.3) is 5.69 Å². The number of carbonyl (C=O) groups excluding carboxylic acids is 2. The number of rotatable bonds is 14. The van der Waals surface area contributed by atoms with E-state index in [1.807, 2.05) is 0 Å². The van der Waals surface area contributed by atoms with Crippen LogP contribution in [0.5, 0.6) is 17.2 Å². The molecule has 14 nitrogen and oxygen atoms in total. The van der Waals surface area contributed by atoms with Crippen molar-refractivity contribution >= 4 is 51.4 Å². The van der Waals surface area contributed by atoms with Gasteiger partial charge in [-0.3, -0.25) is 15.5 Å². The van der Waals surface area contributed by atoms with Crippen LogP contribution in [0.2, 0.25) is 5.02 Å². The van der Waals surface area contributed by atoms with E-state index in [1.165, 1.54) is 25.5 Å². The average Bonchev–Trinajstić information content (AvgIpc) is 3.03. The summed E-state index contributed by atoms with van der Waals surface area (Å²) in [6.45, 7) is 3.65. The smallest absolute Gasteiger partial charge is 0.337 e. The molecule has 0 saturated carbocycles. The molecule has 16 heteroatoms. The zero-order valence-corrected chi connectivity index (χ0v) is 27.8. The van der Waals surface area contributed by atoms with E-state index in [2.05, 4.69) is 37.1 Å². The molecule has 3 aromatic carbocycles. The van der Waals surface area contributed by atoms with E-state index in [9.17, 15) is 24.8 Å². The van der Waals surface area contributed by atoms with Crippen LogP contribution in [-0.4, -0.2) is 54.8 Å². The van der Waals surface area contributed by atoms with Gasteiger partial charge in [-0.2, -0.15) is 5.10 Å². The largest absolute Gasteiger partial charge is 0.490 e. The number of esters is 1. The van der Waals surface area contributed by atoms with Crippen LogP contribution >= 0.6 is 27.5 Å². The lowest BCUT2D eigenvalue weighted by atomic mass is 9.95. The van der Waals surface area contributed by atoms with Crippen LogP contribution in [-0.2, 0) is 16.1 Å². The maximum absolute atomic E-state index is 12.4. The topological polar surface area (TPSA) is 183 Å². The van der Waals surface area contributed by atoms with E-state index in [4.69, 9.17) is 30.5 Å². The Morgan fingerprint density at radius 3 is 2.57 bits per heavy atom. The van der Waals surface area contributed by atoms with Crippen LogP contribution in [0.15, 0.2) is 75.4 Å². The van der Waals surface area contributed by atoms with Gasteiger partial charge < -0.3 is 34.7 Å². The minimum Gasteiger partial charge on any atom is -0.490 e. The Balaban J connectivity index is 1.36. The molecule has 4 rings (SSSR count). The second kappa shape index (κ2) is 16.1. The normalized spacial score (nSPS) is 15.0. The fourth-order valence-electron chi connectivity index (χ4n) is 4.48. The van der Waals surface area contributed by atoms with Crippen molar-refractivity contribution in [3.63, 3.8) is 0 Å². The number of non-ortho nitro benzene ring substituents is 1. The Kier molecular flexibility index (Phi) is 12.0. The number of allylic oxidation sites excluding steroid dienone is 1. The number of aliphatic hydroxyl groups is 1. The summed E-state index contributed by atoms with van der Waals surface area (Å²) in [6, 6.07) is 13.0. The summed E-state index contributed by atoms with van der Waals surface area (Å²) in [4.78, 5) is 35.0. The Morgan fingerprint density at radius 2 is 1.91 bits per heavy atom. The third-order valence-electron chi connectivity index (χ3n) is 6.66. The molecule has 4 N–H and O–H groups in total. The highest BCUT2D eigenvalue weighted by Crippen LogP contribution is 2.36. The van der Waals surface area contributed by atoms with Crippen LogP contribution in [0.4, 0.5) is 10.5 Å². The van der Waals surface area contributed by atoms with Crippen LogP contribution in [0.3, 0.4) is 0 Å². The number of hydrogen-bond donors (Lipinski definition) is 4. The molecule has 2 amide bonds. The number of hydrazone groups is 1. The number of nitro groups is 1. The molecule has 1 aliphatic rings. The molecule has 0 bridgehead atoms. The average molecular weight is 733 g/mol. The van der Waals surface area contributed by atoms with Crippen molar-refractivity contribution in [3.05, 3.63) is 102 Å². The van der Waals surface area contributed by atoms with Gasteiger partial charge in [-0.15, -0.1) is 0 Å². The molecule has 47 heavy (non-hydrogen) atoms. The predicted molar refractivity (Wildman–Crippen MR) is 176 cm³/mol. The molecule has 0 fully saturated rings. The number of nitro benzene ring substituents is 1. The molecular formula is C31H31BrClN5O9. The molecule has 0 saturated heterocycles. The number of amides is 2. The summed E-state index contributed by atoms with van der Waals surface area (Å²) in [5, 5.41) is 30.9.